The molecule has 6 nitrogen and oxygen atoms in total. The summed E-state index contributed by atoms with van der Waals surface area (Å²) in [5.41, 5.74) is 0.662. The highest BCUT2D eigenvalue weighted by Crippen LogP contribution is 2.24. The van der Waals surface area contributed by atoms with Gasteiger partial charge in [0.1, 0.15) is 5.56 Å². The van der Waals surface area contributed by atoms with E-state index in [0.29, 0.717) is 5.56 Å². The number of nitrogens with zero attached hydrogens (tertiary/aromatic N) is 2. The molecule has 0 saturated heterocycles. The first-order chi connectivity index (χ1) is 10.0. The third-order valence-electron chi connectivity index (χ3n) is 3.14. The Morgan fingerprint density at radius 2 is 1.86 bits per heavy atom. The van der Waals surface area contributed by atoms with Crippen LogP contribution >= 0.6 is 0 Å². The standard InChI is InChI=1S/C15H14N2O4/c1-16(12-7-3-2-4-8-12)10-11-6-5-9-13(17(20)21)14(11)15(18)19/h2-9H,10H2,1H3,(H,18,19). The van der Waals surface area contributed by atoms with Crippen molar-refractivity contribution in [1.82, 2.24) is 0 Å². The lowest BCUT2D eigenvalue weighted by Gasteiger charge is -2.20. The lowest BCUT2D eigenvalue weighted by Crippen LogP contribution is -2.19. The Morgan fingerprint density at radius 1 is 1.19 bits per heavy atom. The molecule has 2 aromatic carbocycles. The number of carboxylic acid groups (broad SMARTS) is 1. The third kappa shape index (κ3) is 3.17. The second-order valence-corrected chi connectivity index (χ2v) is 4.57. The van der Waals surface area contributed by atoms with Gasteiger partial charge >= 0.3 is 5.97 Å². The highest BCUT2D eigenvalue weighted by molar-refractivity contribution is 5.94. The van der Waals surface area contributed by atoms with Crippen molar-refractivity contribution in [3.8, 4) is 0 Å². The zero-order chi connectivity index (χ0) is 15.4. The Morgan fingerprint density at radius 3 is 2.43 bits per heavy atom. The van der Waals surface area contributed by atoms with Crippen molar-refractivity contribution in [2.45, 2.75) is 6.54 Å². The number of rotatable bonds is 5. The summed E-state index contributed by atoms with van der Waals surface area (Å²) in [5.74, 6) is -1.29. The van der Waals surface area contributed by atoms with E-state index in [2.05, 4.69) is 0 Å². The van der Waals surface area contributed by atoms with E-state index in [1.165, 1.54) is 12.1 Å². The molecule has 0 spiro atoms. The number of benzene rings is 2. The minimum atomic E-state index is -1.29. The second-order valence-electron chi connectivity index (χ2n) is 4.57. The molecule has 108 valence electrons. The minimum Gasteiger partial charge on any atom is -0.477 e. The van der Waals surface area contributed by atoms with Gasteiger partial charge in [-0.25, -0.2) is 4.79 Å². The minimum absolute atomic E-state index is 0.259. The Balaban J connectivity index is 2.38. The molecule has 2 rings (SSSR count). The van der Waals surface area contributed by atoms with Crippen LogP contribution < -0.4 is 4.90 Å². The molecule has 0 bridgehead atoms. The summed E-state index contributed by atoms with van der Waals surface area (Å²) in [6.45, 7) is 0.271. The molecule has 0 saturated carbocycles. The Labute approximate surface area is 121 Å². The van der Waals surface area contributed by atoms with Crippen LogP contribution in [-0.4, -0.2) is 23.0 Å². The molecule has 0 aliphatic carbocycles. The fraction of sp³-hybridized carbons (Fsp3) is 0.133. The molecule has 0 heterocycles. The average molecular weight is 286 g/mol. The molecule has 0 amide bonds. The van der Waals surface area contributed by atoms with Crippen LogP contribution in [0.3, 0.4) is 0 Å². The van der Waals surface area contributed by atoms with Gasteiger partial charge in [-0.2, -0.15) is 0 Å². The first-order valence-electron chi connectivity index (χ1n) is 6.26. The van der Waals surface area contributed by atoms with Crippen molar-refractivity contribution in [3.63, 3.8) is 0 Å². The van der Waals surface area contributed by atoms with Crippen LogP contribution in [0.2, 0.25) is 0 Å². The molecule has 0 fully saturated rings. The Kier molecular flexibility index (Phi) is 4.18. The van der Waals surface area contributed by atoms with E-state index >= 15 is 0 Å². The van der Waals surface area contributed by atoms with Gasteiger partial charge in [-0.3, -0.25) is 10.1 Å². The summed E-state index contributed by atoms with van der Waals surface area (Å²) in [6.07, 6.45) is 0. The van der Waals surface area contributed by atoms with Gasteiger partial charge in [0.05, 0.1) is 4.92 Å². The van der Waals surface area contributed by atoms with Gasteiger partial charge in [0.25, 0.3) is 5.69 Å². The largest absolute Gasteiger partial charge is 0.477 e. The van der Waals surface area contributed by atoms with E-state index in [4.69, 9.17) is 0 Å². The molecule has 0 aromatic heterocycles. The molecule has 0 aliphatic heterocycles. The zero-order valence-corrected chi connectivity index (χ0v) is 11.4. The molecule has 6 heteroatoms. The number of nitro groups is 1. The first kappa shape index (κ1) is 14.5. The van der Waals surface area contributed by atoms with Crippen LogP contribution in [0.25, 0.3) is 0 Å². The topological polar surface area (TPSA) is 83.7 Å². The number of carboxylic acids is 1. The Hall–Kier alpha value is -2.89. The molecule has 21 heavy (non-hydrogen) atoms. The molecular formula is C15H14N2O4. The highest BCUT2D eigenvalue weighted by Gasteiger charge is 2.23. The van der Waals surface area contributed by atoms with Crippen LogP contribution in [0.15, 0.2) is 48.5 Å². The fourth-order valence-electron chi connectivity index (χ4n) is 2.15. The van der Waals surface area contributed by atoms with E-state index in [9.17, 15) is 20.0 Å². The van der Waals surface area contributed by atoms with Gasteiger partial charge < -0.3 is 10.0 Å². The van der Waals surface area contributed by atoms with Gasteiger partial charge in [0.15, 0.2) is 0 Å². The zero-order valence-electron chi connectivity index (χ0n) is 11.4. The summed E-state index contributed by atoms with van der Waals surface area (Å²) in [7, 11) is 1.81. The predicted octanol–water partition coefficient (Wildman–Crippen LogP) is 2.93. The quantitative estimate of drug-likeness (QED) is 0.675. The smallest absolute Gasteiger partial charge is 0.343 e. The molecule has 2 aromatic rings. The maximum atomic E-state index is 11.3. The summed E-state index contributed by atoms with van der Waals surface area (Å²) < 4.78 is 0. The predicted molar refractivity (Wildman–Crippen MR) is 78.6 cm³/mol. The number of anilines is 1. The van der Waals surface area contributed by atoms with Crippen LogP contribution in [0.1, 0.15) is 15.9 Å². The van der Waals surface area contributed by atoms with Crippen molar-refractivity contribution in [1.29, 1.82) is 0 Å². The molecule has 1 N–H and O–H groups in total. The van der Waals surface area contributed by atoms with Gasteiger partial charge in [-0.05, 0) is 17.7 Å². The summed E-state index contributed by atoms with van der Waals surface area (Å²) in [5, 5.41) is 20.2. The van der Waals surface area contributed by atoms with Gasteiger partial charge in [-0.15, -0.1) is 0 Å². The van der Waals surface area contributed by atoms with E-state index < -0.39 is 10.9 Å². The number of hydrogen-bond donors (Lipinski definition) is 1. The number of carbonyl (C=O) groups is 1. The first-order valence-corrected chi connectivity index (χ1v) is 6.26. The fourth-order valence-corrected chi connectivity index (χ4v) is 2.15. The maximum absolute atomic E-state index is 11.3. The summed E-state index contributed by atoms with van der Waals surface area (Å²) in [6, 6.07) is 13.7. The van der Waals surface area contributed by atoms with Gasteiger partial charge in [0.2, 0.25) is 0 Å². The number of aromatic carboxylic acids is 1. The SMILES string of the molecule is CN(Cc1cccc([N+](=O)[O-])c1C(=O)O)c1ccccc1. The number of nitro benzene ring substituents is 1. The number of para-hydroxylation sites is 1. The van der Waals surface area contributed by atoms with Crippen LogP contribution in [0, 0.1) is 10.1 Å². The van der Waals surface area contributed by atoms with Crippen LogP contribution in [0.5, 0.6) is 0 Å². The molecule has 0 radical (unpaired) electrons. The molecule has 0 unspecified atom stereocenters. The van der Waals surface area contributed by atoms with Gasteiger partial charge in [0, 0.05) is 25.3 Å². The van der Waals surface area contributed by atoms with Crippen molar-refractivity contribution in [2.75, 3.05) is 11.9 Å². The van der Waals surface area contributed by atoms with Crippen molar-refractivity contribution in [2.24, 2.45) is 0 Å². The lowest BCUT2D eigenvalue weighted by molar-refractivity contribution is -0.385. The van der Waals surface area contributed by atoms with E-state index in [-0.39, 0.29) is 17.8 Å². The van der Waals surface area contributed by atoms with Gasteiger partial charge in [-0.1, -0.05) is 30.3 Å². The molecule has 0 atom stereocenters. The van der Waals surface area contributed by atoms with E-state index in [1.54, 1.807) is 13.1 Å². The average Bonchev–Trinajstić information content (AvgIpc) is 2.47. The monoisotopic (exact) mass is 286 g/mol. The highest BCUT2D eigenvalue weighted by atomic mass is 16.6. The summed E-state index contributed by atoms with van der Waals surface area (Å²) >= 11 is 0. The second kappa shape index (κ2) is 6.04. The normalized spacial score (nSPS) is 10.1. The lowest BCUT2D eigenvalue weighted by atomic mass is 10.0. The molecular weight excluding hydrogens is 272 g/mol. The van der Waals surface area contributed by atoms with Crippen molar-refractivity contribution >= 4 is 17.3 Å². The third-order valence-corrected chi connectivity index (χ3v) is 3.14. The Bertz CT molecular complexity index is 671. The van der Waals surface area contributed by atoms with Crippen LogP contribution in [0.4, 0.5) is 11.4 Å². The van der Waals surface area contributed by atoms with Crippen molar-refractivity contribution < 1.29 is 14.8 Å². The van der Waals surface area contributed by atoms with E-state index in [0.717, 1.165) is 5.69 Å². The van der Waals surface area contributed by atoms with Crippen LogP contribution in [-0.2, 0) is 6.54 Å². The molecule has 0 aliphatic rings. The van der Waals surface area contributed by atoms with Crippen molar-refractivity contribution in [3.05, 3.63) is 69.8 Å². The maximum Gasteiger partial charge on any atom is 0.343 e. The van der Waals surface area contributed by atoms with E-state index in [1.807, 2.05) is 35.2 Å². The summed E-state index contributed by atoms with van der Waals surface area (Å²) in [4.78, 5) is 23.5. The number of hydrogen-bond acceptors (Lipinski definition) is 4.